The number of ether oxygens (including phenoxy) is 1. The van der Waals surface area contributed by atoms with Crippen molar-refractivity contribution in [1.82, 2.24) is 0 Å². The molecular formula is C17H30N2O. The van der Waals surface area contributed by atoms with E-state index in [-0.39, 0.29) is 0 Å². The molecule has 0 aliphatic heterocycles. The van der Waals surface area contributed by atoms with Crippen LogP contribution in [0.3, 0.4) is 0 Å². The second kappa shape index (κ2) is 9.78. The van der Waals surface area contributed by atoms with E-state index < -0.39 is 0 Å². The Morgan fingerprint density at radius 3 is 2.35 bits per heavy atom. The van der Waals surface area contributed by atoms with Crippen molar-refractivity contribution < 1.29 is 4.74 Å². The molecule has 0 unspecified atom stereocenters. The van der Waals surface area contributed by atoms with E-state index in [0.717, 1.165) is 39.1 Å². The molecule has 0 bridgehead atoms. The minimum Gasteiger partial charge on any atom is -0.380 e. The molecule has 0 aliphatic rings. The Balaban J connectivity index is 2.42. The van der Waals surface area contributed by atoms with Gasteiger partial charge in [-0.15, -0.1) is 0 Å². The van der Waals surface area contributed by atoms with Gasteiger partial charge in [0.05, 0.1) is 6.61 Å². The fourth-order valence-corrected chi connectivity index (χ4v) is 2.08. The number of hydrogen-bond donors (Lipinski definition) is 1. The van der Waals surface area contributed by atoms with Gasteiger partial charge in [0.15, 0.2) is 0 Å². The van der Waals surface area contributed by atoms with E-state index in [1.807, 2.05) is 0 Å². The van der Waals surface area contributed by atoms with Gasteiger partial charge in [-0.25, -0.2) is 0 Å². The molecule has 0 aromatic heterocycles. The SMILES string of the molecule is CCCN(CCOCCC(C)C)c1ccc(CN)cc1. The van der Waals surface area contributed by atoms with Gasteiger partial charge >= 0.3 is 0 Å². The second-order valence-electron chi connectivity index (χ2n) is 5.65. The van der Waals surface area contributed by atoms with Gasteiger partial charge in [-0.1, -0.05) is 32.9 Å². The minimum atomic E-state index is 0.604. The lowest BCUT2D eigenvalue weighted by Gasteiger charge is -2.24. The van der Waals surface area contributed by atoms with E-state index >= 15 is 0 Å². The standard InChI is InChI=1S/C17H30N2O/c1-4-10-19(11-13-20-12-9-15(2)3)17-7-5-16(14-18)6-8-17/h5-8,15H,4,9-14,18H2,1-3H3. The maximum atomic E-state index is 5.73. The van der Waals surface area contributed by atoms with E-state index in [4.69, 9.17) is 10.5 Å². The van der Waals surface area contributed by atoms with Crippen molar-refractivity contribution in [2.45, 2.75) is 40.2 Å². The molecule has 0 spiro atoms. The van der Waals surface area contributed by atoms with Crippen LogP contribution in [0.15, 0.2) is 24.3 Å². The van der Waals surface area contributed by atoms with Crippen LogP contribution in [-0.2, 0) is 11.3 Å². The summed E-state index contributed by atoms with van der Waals surface area (Å²) in [5, 5.41) is 0. The zero-order valence-electron chi connectivity index (χ0n) is 13.3. The molecule has 0 radical (unpaired) electrons. The molecule has 0 saturated heterocycles. The lowest BCUT2D eigenvalue weighted by Crippen LogP contribution is -2.28. The van der Waals surface area contributed by atoms with Crippen LogP contribution in [-0.4, -0.2) is 26.3 Å². The molecule has 1 rings (SSSR count). The van der Waals surface area contributed by atoms with Crippen molar-refractivity contribution in [3.8, 4) is 0 Å². The van der Waals surface area contributed by atoms with Crippen molar-refractivity contribution in [2.24, 2.45) is 11.7 Å². The fraction of sp³-hybridized carbons (Fsp3) is 0.647. The number of rotatable bonds is 10. The van der Waals surface area contributed by atoms with Crippen LogP contribution in [0.2, 0.25) is 0 Å². The predicted molar refractivity (Wildman–Crippen MR) is 87.1 cm³/mol. The molecule has 1 aromatic carbocycles. The van der Waals surface area contributed by atoms with Gasteiger partial charge in [0, 0.05) is 31.9 Å². The third-order valence-electron chi connectivity index (χ3n) is 3.38. The van der Waals surface area contributed by atoms with E-state index in [2.05, 4.69) is 49.9 Å². The van der Waals surface area contributed by atoms with E-state index in [1.54, 1.807) is 0 Å². The molecule has 3 heteroatoms. The van der Waals surface area contributed by atoms with E-state index in [1.165, 1.54) is 11.3 Å². The summed E-state index contributed by atoms with van der Waals surface area (Å²) < 4.78 is 5.73. The smallest absolute Gasteiger partial charge is 0.0641 e. The maximum Gasteiger partial charge on any atom is 0.0641 e. The van der Waals surface area contributed by atoms with Crippen LogP contribution < -0.4 is 10.6 Å². The summed E-state index contributed by atoms with van der Waals surface area (Å²) in [4.78, 5) is 2.38. The van der Waals surface area contributed by atoms with Gasteiger partial charge in [0.25, 0.3) is 0 Å². The highest BCUT2D eigenvalue weighted by Gasteiger charge is 2.05. The average Bonchev–Trinajstić information content (AvgIpc) is 2.45. The number of nitrogens with two attached hydrogens (primary N) is 1. The summed E-state index contributed by atoms with van der Waals surface area (Å²) in [6.07, 6.45) is 2.28. The van der Waals surface area contributed by atoms with Gasteiger partial charge < -0.3 is 15.4 Å². The van der Waals surface area contributed by atoms with E-state index in [9.17, 15) is 0 Å². The third kappa shape index (κ3) is 6.40. The van der Waals surface area contributed by atoms with Gasteiger partial charge in [-0.3, -0.25) is 0 Å². The largest absolute Gasteiger partial charge is 0.380 e. The predicted octanol–water partition coefficient (Wildman–Crippen LogP) is 3.42. The summed E-state index contributed by atoms with van der Waals surface area (Å²) >= 11 is 0. The van der Waals surface area contributed by atoms with E-state index in [0.29, 0.717) is 12.5 Å². The molecule has 114 valence electrons. The zero-order chi connectivity index (χ0) is 14.8. The van der Waals surface area contributed by atoms with Gasteiger partial charge in [0.1, 0.15) is 0 Å². The molecule has 0 amide bonds. The molecule has 0 aliphatic carbocycles. The molecule has 20 heavy (non-hydrogen) atoms. The van der Waals surface area contributed by atoms with Crippen molar-refractivity contribution in [3.63, 3.8) is 0 Å². The lowest BCUT2D eigenvalue weighted by molar-refractivity contribution is 0.129. The second-order valence-corrected chi connectivity index (χ2v) is 5.65. The van der Waals surface area contributed by atoms with Crippen LogP contribution >= 0.6 is 0 Å². The molecule has 3 nitrogen and oxygen atoms in total. The highest BCUT2D eigenvalue weighted by molar-refractivity contribution is 5.47. The highest BCUT2D eigenvalue weighted by Crippen LogP contribution is 2.15. The number of nitrogens with zero attached hydrogens (tertiary/aromatic N) is 1. The first-order chi connectivity index (χ1) is 9.67. The van der Waals surface area contributed by atoms with Crippen molar-refractivity contribution in [3.05, 3.63) is 29.8 Å². The first-order valence-corrected chi connectivity index (χ1v) is 7.79. The summed E-state index contributed by atoms with van der Waals surface area (Å²) in [5.41, 5.74) is 8.08. The Kier molecular flexibility index (Phi) is 8.31. The van der Waals surface area contributed by atoms with Crippen molar-refractivity contribution in [1.29, 1.82) is 0 Å². The summed E-state index contributed by atoms with van der Waals surface area (Å²) in [7, 11) is 0. The Hall–Kier alpha value is -1.06. The molecule has 0 fully saturated rings. The number of benzene rings is 1. The monoisotopic (exact) mass is 278 g/mol. The molecule has 1 aromatic rings. The number of anilines is 1. The first kappa shape index (κ1) is 17.0. The Bertz CT molecular complexity index is 349. The Labute approximate surface area is 124 Å². The average molecular weight is 278 g/mol. The Morgan fingerprint density at radius 2 is 1.80 bits per heavy atom. The van der Waals surface area contributed by atoms with Gasteiger partial charge in [0.2, 0.25) is 0 Å². The van der Waals surface area contributed by atoms with Crippen LogP contribution in [0.1, 0.15) is 39.2 Å². The topological polar surface area (TPSA) is 38.5 Å². The molecule has 0 heterocycles. The summed E-state index contributed by atoms with van der Waals surface area (Å²) in [5.74, 6) is 0.713. The number of hydrogen-bond acceptors (Lipinski definition) is 3. The highest BCUT2D eigenvalue weighted by atomic mass is 16.5. The van der Waals surface area contributed by atoms with Crippen LogP contribution in [0.25, 0.3) is 0 Å². The third-order valence-corrected chi connectivity index (χ3v) is 3.38. The lowest BCUT2D eigenvalue weighted by atomic mass is 10.1. The van der Waals surface area contributed by atoms with Crippen LogP contribution in [0, 0.1) is 5.92 Å². The Morgan fingerprint density at radius 1 is 1.10 bits per heavy atom. The zero-order valence-corrected chi connectivity index (χ0v) is 13.3. The first-order valence-electron chi connectivity index (χ1n) is 7.79. The van der Waals surface area contributed by atoms with Crippen molar-refractivity contribution in [2.75, 3.05) is 31.2 Å². The van der Waals surface area contributed by atoms with Crippen LogP contribution in [0.4, 0.5) is 5.69 Å². The molecule has 0 atom stereocenters. The fourth-order valence-electron chi connectivity index (χ4n) is 2.08. The normalized spacial score (nSPS) is 11.1. The summed E-state index contributed by atoms with van der Waals surface area (Å²) in [6.45, 7) is 10.9. The van der Waals surface area contributed by atoms with Crippen LogP contribution in [0.5, 0.6) is 0 Å². The minimum absolute atomic E-state index is 0.604. The van der Waals surface area contributed by atoms with Gasteiger partial charge in [-0.05, 0) is 36.5 Å². The molecule has 0 saturated carbocycles. The maximum absolute atomic E-state index is 5.73. The van der Waals surface area contributed by atoms with Crippen molar-refractivity contribution >= 4 is 5.69 Å². The summed E-state index contributed by atoms with van der Waals surface area (Å²) in [6, 6.07) is 8.53. The molecule has 2 N–H and O–H groups in total. The molecular weight excluding hydrogens is 248 g/mol. The van der Waals surface area contributed by atoms with Gasteiger partial charge in [-0.2, -0.15) is 0 Å². The quantitative estimate of drug-likeness (QED) is 0.666.